The molecule has 0 aromatic carbocycles. The van der Waals surface area contributed by atoms with Crippen molar-refractivity contribution >= 4 is 18.4 Å². The Morgan fingerprint density at radius 3 is 2.13 bits per heavy atom. The lowest BCUT2D eigenvalue weighted by molar-refractivity contribution is -0.133. The number of ether oxygens (including phenoxy) is 1. The molecular formula is C15H26N4O4. The van der Waals surface area contributed by atoms with E-state index in [4.69, 9.17) is 4.74 Å². The number of hydrogen-bond donors (Lipinski definition) is 0. The van der Waals surface area contributed by atoms with Crippen LogP contribution in [0.15, 0.2) is 0 Å². The van der Waals surface area contributed by atoms with E-state index in [2.05, 4.69) is 4.90 Å². The second-order valence-corrected chi connectivity index (χ2v) is 5.80. The third-order valence-corrected chi connectivity index (χ3v) is 4.36. The van der Waals surface area contributed by atoms with Gasteiger partial charge in [-0.15, -0.1) is 0 Å². The molecule has 3 amide bonds. The highest BCUT2D eigenvalue weighted by Crippen LogP contribution is 2.07. The Balaban J connectivity index is 1.65. The molecule has 0 radical (unpaired) electrons. The van der Waals surface area contributed by atoms with Gasteiger partial charge in [0.05, 0.1) is 6.61 Å². The van der Waals surface area contributed by atoms with Crippen LogP contribution in [0, 0.1) is 0 Å². The van der Waals surface area contributed by atoms with Crippen LogP contribution in [0.2, 0.25) is 0 Å². The van der Waals surface area contributed by atoms with Gasteiger partial charge in [-0.25, -0.2) is 4.79 Å². The molecule has 0 aromatic rings. The van der Waals surface area contributed by atoms with Crippen molar-refractivity contribution in [1.29, 1.82) is 0 Å². The van der Waals surface area contributed by atoms with Gasteiger partial charge in [-0.3, -0.25) is 14.5 Å². The Bertz CT molecular complexity index is 416. The molecule has 0 atom stereocenters. The van der Waals surface area contributed by atoms with E-state index >= 15 is 0 Å². The summed E-state index contributed by atoms with van der Waals surface area (Å²) < 4.78 is 4.97. The van der Waals surface area contributed by atoms with E-state index in [1.54, 1.807) is 16.7 Å². The van der Waals surface area contributed by atoms with Crippen LogP contribution >= 0.6 is 0 Å². The molecule has 23 heavy (non-hydrogen) atoms. The molecule has 0 unspecified atom stereocenters. The quantitative estimate of drug-likeness (QED) is 0.634. The van der Waals surface area contributed by atoms with Crippen LogP contribution in [-0.4, -0.2) is 104 Å². The minimum Gasteiger partial charge on any atom is -0.450 e. The van der Waals surface area contributed by atoms with E-state index in [9.17, 15) is 14.4 Å². The SMILES string of the molecule is CCOC(=O)N1CCN(C(=O)CCN2CCN(C=O)CC2)CC1. The topological polar surface area (TPSA) is 73.4 Å². The second-order valence-electron chi connectivity index (χ2n) is 5.80. The van der Waals surface area contributed by atoms with Crippen LogP contribution in [-0.2, 0) is 14.3 Å². The first kappa shape index (κ1) is 17.5. The monoisotopic (exact) mass is 326 g/mol. The first-order valence-electron chi connectivity index (χ1n) is 8.25. The molecule has 0 spiro atoms. The summed E-state index contributed by atoms with van der Waals surface area (Å²) in [6.45, 7) is 8.18. The van der Waals surface area contributed by atoms with E-state index in [1.165, 1.54) is 0 Å². The summed E-state index contributed by atoms with van der Waals surface area (Å²) in [6.07, 6.45) is 1.07. The number of carbonyl (C=O) groups excluding carboxylic acids is 3. The Hall–Kier alpha value is -1.83. The van der Waals surface area contributed by atoms with Gasteiger partial charge < -0.3 is 19.4 Å². The molecular weight excluding hydrogens is 300 g/mol. The van der Waals surface area contributed by atoms with Crippen LogP contribution < -0.4 is 0 Å². The largest absolute Gasteiger partial charge is 0.450 e. The molecule has 2 heterocycles. The Labute approximate surface area is 136 Å². The van der Waals surface area contributed by atoms with Crippen LogP contribution in [0.25, 0.3) is 0 Å². The third kappa shape index (κ3) is 5.09. The summed E-state index contributed by atoms with van der Waals surface area (Å²) in [7, 11) is 0. The molecule has 0 aliphatic carbocycles. The predicted octanol–water partition coefficient (Wildman–Crippen LogP) is -0.549. The van der Waals surface area contributed by atoms with E-state index in [0.717, 1.165) is 39.1 Å². The molecule has 0 aromatic heterocycles. The zero-order valence-electron chi connectivity index (χ0n) is 13.8. The molecule has 0 N–H and O–H groups in total. The maximum absolute atomic E-state index is 12.3. The highest BCUT2D eigenvalue weighted by molar-refractivity contribution is 5.77. The summed E-state index contributed by atoms with van der Waals surface area (Å²) in [6, 6.07) is 0. The van der Waals surface area contributed by atoms with Gasteiger partial charge in [0.15, 0.2) is 0 Å². The second kappa shape index (κ2) is 8.71. The minimum atomic E-state index is -0.298. The average Bonchev–Trinajstić information content (AvgIpc) is 2.60. The minimum absolute atomic E-state index is 0.131. The van der Waals surface area contributed by atoms with Crippen molar-refractivity contribution in [2.75, 3.05) is 65.5 Å². The molecule has 2 saturated heterocycles. The Morgan fingerprint density at radius 2 is 1.57 bits per heavy atom. The van der Waals surface area contributed by atoms with Gasteiger partial charge in [-0.1, -0.05) is 0 Å². The smallest absolute Gasteiger partial charge is 0.409 e. The fourth-order valence-corrected chi connectivity index (χ4v) is 2.86. The molecule has 8 nitrogen and oxygen atoms in total. The van der Waals surface area contributed by atoms with Gasteiger partial charge in [0, 0.05) is 65.3 Å². The molecule has 0 bridgehead atoms. The highest BCUT2D eigenvalue weighted by Gasteiger charge is 2.25. The van der Waals surface area contributed by atoms with Crippen molar-refractivity contribution in [3.8, 4) is 0 Å². The number of piperazine rings is 2. The fourth-order valence-electron chi connectivity index (χ4n) is 2.86. The molecule has 2 aliphatic heterocycles. The Morgan fingerprint density at radius 1 is 0.957 bits per heavy atom. The van der Waals surface area contributed by atoms with Crippen molar-refractivity contribution < 1.29 is 19.1 Å². The van der Waals surface area contributed by atoms with Crippen molar-refractivity contribution in [2.45, 2.75) is 13.3 Å². The van der Waals surface area contributed by atoms with Gasteiger partial charge >= 0.3 is 6.09 Å². The van der Waals surface area contributed by atoms with Crippen molar-refractivity contribution in [3.63, 3.8) is 0 Å². The first-order chi connectivity index (χ1) is 11.1. The maximum atomic E-state index is 12.3. The number of amides is 3. The average molecular weight is 326 g/mol. The molecule has 2 fully saturated rings. The predicted molar refractivity (Wildman–Crippen MR) is 83.9 cm³/mol. The van der Waals surface area contributed by atoms with Crippen molar-refractivity contribution in [1.82, 2.24) is 19.6 Å². The van der Waals surface area contributed by atoms with Gasteiger partial charge in [-0.2, -0.15) is 0 Å². The molecule has 130 valence electrons. The van der Waals surface area contributed by atoms with E-state index < -0.39 is 0 Å². The number of carbonyl (C=O) groups is 3. The maximum Gasteiger partial charge on any atom is 0.409 e. The van der Waals surface area contributed by atoms with Crippen molar-refractivity contribution in [2.24, 2.45) is 0 Å². The molecule has 0 saturated carbocycles. The van der Waals surface area contributed by atoms with Crippen LogP contribution in [0.3, 0.4) is 0 Å². The number of nitrogens with zero attached hydrogens (tertiary/aromatic N) is 4. The standard InChI is InChI=1S/C15H26N4O4/c1-2-23-15(22)19-11-9-18(10-12-19)14(21)3-4-16-5-7-17(13-20)8-6-16/h13H,2-12H2,1H3. The molecule has 2 aliphatic rings. The third-order valence-electron chi connectivity index (χ3n) is 4.36. The Kier molecular flexibility index (Phi) is 6.64. The van der Waals surface area contributed by atoms with E-state index in [0.29, 0.717) is 39.2 Å². The van der Waals surface area contributed by atoms with Gasteiger partial charge in [-0.05, 0) is 6.92 Å². The van der Waals surface area contributed by atoms with Crippen LogP contribution in [0.5, 0.6) is 0 Å². The van der Waals surface area contributed by atoms with Gasteiger partial charge in [0.1, 0.15) is 0 Å². The zero-order valence-corrected chi connectivity index (χ0v) is 13.8. The number of hydrogen-bond acceptors (Lipinski definition) is 5. The highest BCUT2D eigenvalue weighted by atomic mass is 16.6. The van der Waals surface area contributed by atoms with Crippen LogP contribution in [0.4, 0.5) is 4.79 Å². The van der Waals surface area contributed by atoms with Gasteiger partial charge in [0.25, 0.3) is 0 Å². The summed E-state index contributed by atoms with van der Waals surface area (Å²) in [4.78, 5) is 42.0. The van der Waals surface area contributed by atoms with Gasteiger partial charge in [0.2, 0.25) is 12.3 Å². The summed E-state index contributed by atoms with van der Waals surface area (Å²) >= 11 is 0. The molecule has 8 heteroatoms. The van der Waals surface area contributed by atoms with E-state index in [-0.39, 0.29) is 12.0 Å². The summed E-state index contributed by atoms with van der Waals surface area (Å²) in [5, 5.41) is 0. The van der Waals surface area contributed by atoms with Crippen molar-refractivity contribution in [3.05, 3.63) is 0 Å². The fraction of sp³-hybridized carbons (Fsp3) is 0.800. The lowest BCUT2D eigenvalue weighted by Gasteiger charge is -2.35. The molecule has 2 rings (SSSR count). The van der Waals surface area contributed by atoms with Crippen LogP contribution in [0.1, 0.15) is 13.3 Å². The lowest BCUT2D eigenvalue weighted by atomic mass is 10.2. The lowest BCUT2D eigenvalue weighted by Crippen LogP contribution is -2.51. The van der Waals surface area contributed by atoms with E-state index in [1.807, 2.05) is 4.90 Å². The summed E-state index contributed by atoms with van der Waals surface area (Å²) in [5.41, 5.74) is 0. The summed E-state index contributed by atoms with van der Waals surface area (Å²) in [5.74, 6) is 0.131. The first-order valence-corrected chi connectivity index (χ1v) is 8.25. The number of rotatable bonds is 5. The zero-order chi connectivity index (χ0) is 16.7. The normalized spacial score (nSPS) is 19.6.